The molecule has 0 unspecified atom stereocenters. The van der Waals surface area contributed by atoms with E-state index in [4.69, 9.17) is 4.98 Å². The molecule has 0 radical (unpaired) electrons. The van der Waals surface area contributed by atoms with E-state index < -0.39 is 0 Å². The first-order valence-corrected chi connectivity index (χ1v) is 10.5. The third-order valence-corrected chi connectivity index (χ3v) is 6.03. The van der Waals surface area contributed by atoms with Crippen LogP contribution in [0.15, 0.2) is 51.9 Å². The van der Waals surface area contributed by atoms with Crippen molar-refractivity contribution in [1.82, 2.24) is 19.9 Å². The van der Waals surface area contributed by atoms with Gasteiger partial charge >= 0.3 is 0 Å². The van der Waals surface area contributed by atoms with Crippen LogP contribution in [0.25, 0.3) is 11.3 Å². The van der Waals surface area contributed by atoms with Gasteiger partial charge in [0.1, 0.15) is 5.82 Å². The van der Waals surface area contributed by atoms with E-state index in [2.05, 4.69) is 55.1 Å². The average molecular weight is 437 g/mol. The molecular formula is C22H21BrN4O. The summed E-state index contributed by atoms with van der Waals surface area (Å²) in [6, 6.07) is 12.4. The van der Waals surface area contributed by atoms with Crippen molar-refractivity contribution in [2.75, 3.05) is 6.54 Å². The van der Waals surface area contributed by atoms with E-state index in [1.807, 2.05) is 18.3 Å². The number of H-pyrrole nitrogens is 1. The normalized spacial score (nSPS) is 16.8. The van der Waals surface area contributed by atoms with Gasteiger partial charge in [0.15, 0.2) is 0 Å². The van der Waals surface area contributed by atoms with E-state index in [1.54, 1.807) is 0 Å². The van der Waals surface area contributed by atoms with Crippen molar-refractivity contribution >= 4 is 15.9 Å². The minimum absolute atomic E-state index is 0.0420. The topological polar surface area (TPSA) is 61.9 Å². The maximum atomic E-state index is 12.5. The summed E-state index contributed by atoms with van der Waals surface area (Å²) in [7, 11) is 0. The number of pyridine rings is 1. The first kappa shape index (κ1) is 17.8. The zero-order valence-electron chi connectivity index (χ0n) is 15.5. The Morgan fingerprint density at radius 2 is 1.96 bits per heavy atom. The molecule has 28 heavy (non-hydrogen) atoms. The Balaban J connectivity index is 1.29. The molecular weight excluding hydrogens is 416 g/mol. The maximum Gasteiger partial charge on any atom is 0.255 e. The van der Waals surface area contributed by atoms with Gasteiger partial charge < -0.3 is 4.98 Å². The number of rotatable bonds is 4. The fourth-order valence-corrected chi connectivity index (χ4v) is 4.02. The smallest absolute Gasteiger partial charge is 0.255 e. The molecule has 1 aliphatic heterocycles. The van der Waals surface area contributed by atoms with Gasteiger partial charge in [0.25, 0.3) is 5.56 Å². The van der Waals surface area contributed by atoms with Crippen LogP contribution >= 0.6 is 15.9 Å². The first-order valence-electron chi connectivity index (χ1n) is 9.71. The third-order valence-electron chi connectivity index (χ3n) is 5.50. The Labute approximate surface area is 172 Å². The second-order valence-corrected chi connectivity index (χ2v) is 8.59. The lowest BCUT2D eigenvalue weighted by Gasteiger charge is -2.27. The van der Waals surface area contributed by atoms with Gasteiger partial charge in [-0.05, 0) is 36.6 Å². The summed E-state index contributed by atoms with van der Waals surface area (Å²) in [6.07, 6.45) is 5.07. The molecule has 1 aromatic carbocycles. The molecule has 0 amide bonds. The quantitative estimate of drug-likeness (QED) is 0.670. The molecule has 0 spiro atoms. The summed E-state index contributed by atoms with van der Waals surface area (Å²) in [4.78, 5) is 27.2. The minimum Gasteiger partial charge on any atom is -0.310 e. The first-order chi connectivity index (χ1) is 13.7. The molecule has 0 bridgehead atoms. The lowest BCUT2D eigenvalue weighted by Crippen LogP contribution is -2.35. The van der Waals surface area contributed by atoms with Crippen molar-refractivity contribution in [3.8, 4) is 11.3 Å². The molecule has 1 aliphatic carbocycles. The number of hydrogen-bond acceptors (Lipinski definition) is 4. The predicted octanol–water partition coefficient (Wildman–Crippen LogP) is 4.03. The van der Waals surface area contributed by atoms with Crippen LogP contribution in [-0.4, -0.2) is 26.4 Å². The third kappa shape index (κ3) is 3.66. The van der Waals surface area contributed by atoms with Crippen LogP contribution < -0.4 is 5.56 Å². The zero-order chi connectivity index (χ0) is 19.1. The molecule has 1 N–H and O–H groups in total. The molecule has 3 aromatic rings. The highest BCUT2D eigenvalue weighted by Crippen LogP contribution is 2.37. The lowest BCUT2D eigenvalue weighted by atomic mass is 10.1. The minimum atomic E-state index is 0.0420. The number of aromatic amines is 1. The van der Waals surface area contributed by atoms with Crippen molar-refractivity contribution in [3.05, 3.63) is 80.1 Å². The second-order valence-electron chi connectivity index (χ2n) is 7.67. The van der Waals surface area contributed by atoms with Crippen molar-refractivity contribution in [2.24, 2.45) is 0 Å². The van der Waals surface area contributed by atoms with Gasteiger partial charge in [-0.15, -0.1) is 0 Å². The molecule has 6 heteroatoms. The molecule has 0 atom stereocenters. The van der Waals surface area contributed by atoms with Gasteiger partial charge in [-0.3, -0.25) is 14.7 Å². The highest BCUT2D eigenvalue weighted by Gasteiger charge is 2.29. The monoisotopic (exact) mass is 436 g/mol. The van der Waals surface area contributed by atoms with Crippen molar-refractivity contribution < 1.29 is 0 Å². The molecule has 3 heterocycles. The number of fused-ring (bicyclic) bond motifs is 1. The molecule has 1 fully saturated rings. The van der Waals surface area contributed by atoms with Crippen LogP contribution in [0.5, 0.6) is 0 Å². The number of aromatic nitrogens is 3. The average Bonchev–Trinajstić information content (AvgIpc) is 3.55. The van der Waals surface area contributed by atoms with Crippen molar-refractivity contribution in [3.63, 3.8) is 0 Å². The highest BCUT2D eigenvalue weighted by atomic mass is 79.9. The number of hydrogen-bond donors (Lipinski definition) is 1. The van der Waals surface area contributed by atoms with Gasteiger partial charge in [0.05, 0.1) is 17.0 Å². The van der Waals surface area contributed by atoms with E-state index in [0.29, 0.717) is 12.5 Å². The van der Waals surface area contributed by atoms with Crippen LogP contribution in [0.1, 0.15) is 41.4 Å². The predicted molar refractivity (Wildman–Crippen MR) is 112 cm³/mol. The van der Waals surface area contributed by atoms with Crippen LogP contribution in [0.4, 0.5) is 0 Å². The lowest BCUT2D eigenvalue weighted by molar-refractivity contribution is 0.241. The summed E-state index contributed by atoms with van der Waals surface area (Å²) in [5, 5.41) is 0. The van der Waals surface area contributed by atoms with Crippen molar-refractivity contribution in [1.29, 1.82) is 0 Å². The standard InChI is InChI=1S/C22H21BrN4O/c23-17-6-4-15(5-7-17)19-8-1-14(11-24-19)12-27-10-9-20-18(13-27)22(28)26-21(25-20)16-2-3-16/h1,4-8,11,16H,2-3,9-10,12-13H2,(H,25,26,28). The van der Waals surface area contributed by atoms with Crippen LogP contribution in [0, 0.1) is 0 Å². The van der Waals surface area contributed by atoms with Crippen LogP contribution in [0.3, 0.4) is 0 Å². The van der Waals surface area contributed by atoms with Gasteiger partial charge in [-0.25, -0.2) is 4.98 Å². The molecule has 2 aliphatic rings. The molecule has 142 valence electrons. The maximum absolute atomic E-state index is 12.5. The van der Waals surface area contributed by atoms with E-state index in [-0.39, 0.29) is 5.56 Å². The van der Waals surface area contributed by atoms with Crippen LogP contribution in [-0.2, 0) is 19.5 Å². The fourth-order valence-electron chi connectivity index (χ4n) is 3.75. The van der Waals surface area contributed by atoms with Crippen molar-refractivity contribution in [2.45, 2.75) is 38.3 Å². The van der Waals surface area contributed by atoms with Gasteiger partial charge in [-0.2, -0.15) is 0 Å². The number of nitrogens with one attached hydrogen (secondary N) is 1. The molecule has 5 nitrogen and oxygen atoms in total. The molecule has 2 aromatic heterocycles. The van der Waals surface area contributed by atoms with E-state index in [1.165, 1.54) is 0 Å². The Morgan fingerprint density at radius 3 is 2.68 bits per heavy atom. The van der Waals surface area contributed by atoms with Gasteiger partial charge in [-0.1, -0.05) is 34.1 Å². The Kier molecular flexibility index (Phi) is 4.61. The fraction of sp³-hybridized carbons (Fsp3) is 0.318. The summed E-state index contributed by atoms with van der Waals surface area (Å²) >= 11 is 3.46. The van der Waals surface area contributed by atoms with Crippen LogP contribution in [0.2, 0.25) is 0 Å². The SMILES string of the molecule is O=c1[nH]c(C2CC2)nc2c1CN(Cc1ccc(-c3ccc(Br)cc3)nc1)CC2. The number of halogens is 1. The van der Waals surface area contributed by atoms with E-state index in [9.17, 15) is 4.79 Å². The second kappa shape index (κ2) is 7.26. The highest BCUT2D eigenvalue weighted by molar-refractivity contribution is 9.10. The molecule has 0 saturated heterocycles. The Bertz CT molecular complexity index is 1060. The summed E-state index contributed by atoms with van der Waals surface area (Å²) in [5.41, 5.74) is 5.09. The largest absolute Gasteiger partial charge is 0.310 e. The Morgan fingerprint density at radius 1 is 1.14 bits per heavy atom. The van der Waals surface area contributed by atoms with E-state index >= 15 is 0 Å². The number of benzene rings is 1. The molecule has 1 saturated carbocycles. The van der Waals surface area contributed by atoms with Gasteiger partial charge in [0, 0.05) is 48.2 Å². The van der Waals surface area contributed by atoms with Gasteiger partial charge in [0.2, 0.25) is 0 Å². The molecule has 5 rings (SSSR count). The zero-order valence-corrected chi connectivity index (χ0v) is 17.1. The summed E-state index contributed by atoms with van der Waals surface area (Å²) in [6.45, 7) is 2.36. The number of nitrogens with zero attached hydrogens (tertiary/aromatic N) is 3. The summed E-state index contributed by atoms with van der Waals surface area (Å²) < 4.78 is 1.06. The summed E-state index contributed by atoms with van der Waals surface area (Å²) in [5.74, 6) is 1.37. The van der Waals surface area contributed by atoms with E-state index in [0.717, 1.165) is 70.7 Å². The Hall–Kier alpha value is -2.31.